The molecule has 4 heteroatoms. The molecule has 0 saturated carbocycles. The molecule has 0 spiro atoms. The van der Waals surface area contributed by atoms with Crippen LogP contribution in [0.15, 0.2) is 30.6 Å². The molecular formula is C16H22N4. The van der Waals surface area contributed by atoms with Crippen molar-refractivity contribution in [2.24, 2.45) is 0 Å². The minimum atomic E-state index is 0.619. The molecule has 2 aromatic rings. The maximum absolute atomic E-state index is 4.54. The third kappa shape index (κ3) is 2.75. The van der Waals surface area contributed by atoms with E-state index in [2.05, 4.69) is 40.5 Å². The Balaban J connectivity index is 1.88. The SMILES string of the molecule is CCCn1nccc1-c1cc(C2CCCNC2)ccn1. The van der Waals surface area contributed by atoms with Crippen molar-refractivity contribution in [2.75, 3.05) is 13.1 Å². The summed E-state index contributed by atoms with van der Waals surface area (Å²) in [6.45, 7) is 5.34. The Morgan fingerprint density at radius 2 is 2.30 bits per heavy atom. The Bertz CT molecular complexity index is 555. The van der Waals surface area contributed by atoms with Gasteiger partial charge >= 0.3 is 0 Å². The van der Waals surface area contributed by atoms with Gasteiger partial charge in [-0.3, -0.25) is 9.67 Å². The molecule has 0 amide bonds. The Morgan fingerprint density at radius 1 is 1.35 bits per heavy atom. The summed E-state index contributed by atoms with van der Waals surface area (Å²) < 4.78 is 2.05. The van der Waals surface area contributed by atoms with Gasteiger partial charge in [-0.05, 0) is 55.5 Å². The molecule has 0 radical (unpaired) electrons. The predicted molar refractivity (Wildman–Crippen MR) is 80.6 cm³/mol. The summed E-state index contributed by atoms with van der Waals surface area (Å²) in [5.41, 5.74) is 3.56. The van der Waals surface area contributed by atoms with Crippen molar-refractivity contribution < 1.29 is 0 Å². The standard InChI is InChI=1S/C16H22N4/c1-2-10-20-16(6-9-19-20)15-11-13(5-8-18-15)14-4-3-7-17-12-14/h5-6,8-9,11,14,17H,2-4,7,10,12H2,1H3. The maximum Gasteiger partial charge on any atom is 0.0885 e. The monoisotopic (exact) mass is 270 g/mol. The topological polar surface area (TPSA) is 42.7 Å². The van der Waals surface area contributed by atoms with Gasteiger partial charge in [-0.15, -0.1) is 0 Å². The van der Waals surface area contributed by atoms with Crippen molar-refractivity contribution in [3.63, 3.8) is 0 Å². The molecule has 4 nitrogen and oxygen atoms in total. The molecule has 0 aliphatic carbocycles. The highest BCUT2D eigenvalue weighted by molar-refractivity contribution is 5.55. The van der Waals surface area contributed by atoms with E-state index in [1.807, 2.05) is 17.1 Å². The normalized spacial score (nSPS) is 19.1. The summed E-state index contributed by atoms with van der Waals surface area (Å²) in [5, 5.41) is 7.87. The second-order valence-corrected chi connectivity index (χ2v) is 5.46. The Labute approximate surface area is 120 Å². The van der Waals surface area contributed by atoms with Gasteiger partial charge in [0.15, 0.2) is 0 Å². The van der Waals surface area contributed by atoms with Crippen LogP contribution in [0.4, 0.5) is 0 Å². The van der Waals surface area contributed by atoms with Crippen molar-refractivity contribution in [1.82, 2.24) is 20.1 Å². The van der Waals surface area contributed by atoms with Crippen LogP contribution in [-0.4, -0.2) is 27.9 Å². The molecule has 0 bridgehead atoms. The number of rotatable bonds is 4. The van der Waals surface area contributed by atoms with Crippen LogP contribution in [0.25, 0.3) is 11.4 Å². The van der Waals surface area contributed by atoms with Crippen LogP contribution in [0, 0.1) is 0 Å². The lowest BCUT2D eigenvalue weighted by Crippen LogP contribution is -2.28. The van der Waals surface area contributed by atoms with E-state index >= 15 is 0 Å². The first kappa shape index (κ1) is 13.3. The van der Waals surface area contributed by atoms with Gasteiger partial charge in [0, 0.05) is 25.5 Å². The van der Waals surface area contributed by atoms with E-state index in [0.717, 1.165) is 37.4 Å². The number of nitrogens with one attached hydrogen (secondary N) is 1. The van der Waals surface area contributed by atoms with Crippen LogP contribution in [0.2, 0.25) is 0 Å². The molecule has 1 fully saturated rings. The number of piperidine rings is 1. The molecule has 1 atom stereocenters. The van der Waals surface area contributed by atoms with Gasteiger partial charge in [-0.25, -0.2) is 0 Å². The van der Waals surface area contributed by atoms with E-state index in [-0.39, 0.29) is 0 Å². The first-order chi connectivity index (χ1) is 9.88. The quantitative estimate of drug-likeness (QED) is 0.929. The number of aromatic nitrogens is 3. The van der Waals surface area contributed by atoms with Gasteiger partial charge in [-0.1, -0.05) is 6.92 Å². The summed E-state index contributed by atoms with van der Waals surface area (Å²) >= 11 is 0. The molecule has 1 unspecified atom stereocenters. The lowest BCUT2D eigenvalue weighted by molar-refractivity contribution is 0.461. The van der Waals surface area contributed by atoms with Crippen LogP contribution in [0.3, 0.4) is 0 Å². The number of pyridine rings is 1. The number of hydrogen-bond donors (Lipinski definition) is 1. The van der Waals surface area contributed by atoms with Crippen LogP contribution in [0.5, 0.6) is 0 Å². The van der Waals surface area contributed by atoms with Gasteiger partial charge in [0.05, 0.1) is 11.4 Å². The molecular weight excluding hydrogens is 248 g/mol. The summed E-state index contributed by atoms with van der Waals surface area (Å²) in [4.78, 5) is 4.54. The van der Waals surface area contributed by atoms with Crippen LogP contribution in [-0.2, 0) is 6.54 Å². The van der Waals surface area contributed by atoms with Crippen LogP contribution < -0.4 is 5.32 Å². The first-order valence-corrected chi connectivity index (χ1v) is 7.57. The molecule has 20 heavy (non-hydrogen) atoms. The molecule has 3 rings (SSSR count). The van der Waals surface area contributed by atoms with Gasteiger partial charge in [0.1, 0.15) is 0 Å². The molecule has 2 aromatic heterocycles. The fourth-order valence-corrected chi connectivity index (χ4v) is 2.92. The third-order valence-corrected chi connectivity index (χ3v) is 3.97. The summed E-state index contributed by atoms with van der Waals surface area (Å²) in [5.74, 6) is 0.619. The highest BCUT2D eigenvalue weighted by atomic mass is 15.3. The van der Waals surface area contributed by atoms with Crippen LogP contribution in [0.1, 0.15) is 37.7 Å². The molecule has 3 heterocycles. The second kappa shape index (κ2) is 6.18. The van der Waals surface area contributed by atoms with E-state index in [4.69, 9.17) is 0 Å². The zero-order chi connectivity index (χ0) is 13.8. The highest BCUT2D eigenvalue weighted by Crippen LogP contribution is 2.26. The largest absolute Gasteiger partial charge is 0.316 e. The number of nitrogens with zero attached hydrogens (tertiary/aromatic N) is 3. The third-order valence-electron chi connectivity index (χ3n) is 3.97. The fourth-order valence-electron chi connectivity index (χ4n) is 2.92. The van der Waals surface area contributed by atoms with E-state index in [0.29, 0.717) is 5.92 Å². The van der Waals surface area contributed by atoms with Crippen molar-refractivity contribution >= 4 is 0 Å². The molecule has 1 aliphatic heterocycles. The molecule has 106 valence electrons. The van der Waals surface area contributed by atoms with Crippen molar-refractivity contribution in [3.05, 3.63) is 36.2 Å². The van der Waals surface area contributed by atoms with E-state index in [9.17, 15) is 0 Å². The zero-order valence-electron chi connectivity index (χ0n) is 12.0. The second-order valence-electron chi connectivity index (χ2n) is 5.46. The van der Waals surface area contributed by atoms with E-state index < -0.39 is 0 Å². The minimum Gasteiger partial charge on any atom is -0.316 e. The van der Waals surface area contributed by atoms with Gasteiger partial charge in [0.25, 0.3) is 0 Å². The fraction of sp³-hybridized carbons (Fsp3) is 0.500. The molecule has 1 saturated heterocycles. The lowest BCUT2D eigenvalue weighted by Gasteiger charge is -2.23. The average Bonchev–Trinajstić information content (AvgIpc) is 2.97. The summed E-state index contributed by atoms with van der Waals surface area (Å²) in [6.07, 6.45) is 7.41. The van der Waals surface area contributed by atoms with Crippen LogP contribution >= 0.6 is 0 Å². The first-order valence-electron chi connectivity index (χ1n) is 7.57. The van der Waals surface area contributed by atoms with E-state index in [1.165, 1.54) is 18.4 Å². The van der Waals surface area contributed by atoms with E-state index in [1.54, 1.807) is 0 Å². The summed E-state index contributed by atoms with van der Waals surface area (Å²) in [6, 6.07) is 6.45. The molecule has 1 N–H and O–H groups in total. The van der Waals surface area contributed by atoms with Gasteiger partial charge in [-0.2, -0.15) is 5.10 Å². The van der Waals surface area contributed by atoms with Gasteiger partial charge in [0.2, 0.25) is 0 Å². The summed E-state index contributed by atoms with van der Waals surface area (Å²) in [7, 11) is 0. The highest BCUT2D eigenvalue weighted by Gasteiger charge is 2.16. The number of hydrogen-bond acceptors (Lipinski definition) is 3. The smallest absolute Gasteiger partial charge is 0.0885 e. The van der Waals surface area contributed by atoms with Crippen molar-refractivity contribution in [2.45, 2.75) is 38.6 Å². The maximum atomic E-state index is 4.54. The van der Waals surface area contributed by atoms with Crippen molar-refractivity contribution in [3.8, 4) is 11.4 Å². The Kier molecular flexibility index (Phi) is 4.11. The molecule has 1 aliphatic rings. The Morgan fingerprint density at radius 3 is 3.10 bits per heavy atom. The zero-order valence-corrected chi connectivity index (χ0v) is 12.0. The lowest BCUT2D eigenvalue weighted by atomic mass is 9.92. The average molecular weight is 270 g/mol. The Hall–Kier alpha value is -1.68. The molecule has 0 aromatic carbocycles. The van der Waals surface area contributed by atoms with Gasteiger partial charge < -0.3 is 5.32 Å². The minimum absolute atomic E-state index is 0.619. The number of aryl methyl sites for hydroxylation is 1. The van der Waals surface area contributed by atoms with Crippen molar-refractivity contribution in [1.29, 1.82) is 0 Å². The predicted octanol–water partition coefficient (Wildman–Crippen LogP) is 2.82.